The first-order chi connectivity index (χ1) is 6.93. The molecule has 0 bridgehead atoms. The third-order valence-corrected chi connectivity index (χ3v) is 2.02. The molecule has 6 nitrogen and oxygen atoms in total. The molecule has 0 saturated carbocycles. The van der Waals surface area contributed by atoms with Gasteiger partial charge in [0, 0.05) is 11.8 Å². The zero-order chi connectivity index (χ0) is 11.6. The van der Waals surface area contributed by atoms with E-state index < -0.39 is 23.7 Å². The van der Waals surface area contributed by atoms with E-state index >= 15 is 0 Å². The van der Waals surface area contributed by atoms with E-state index in [1.807, 2.05) is 13.8 Å². The first-order valence-electron chi connectivity index (χ1n) is 4.54. The predicted molar refractivity (Wildman–Crippen MR) is 54.6 cm³/mol. The largest absolute Gasteiger partial charge is 0.368 e. The second kappa shape index (κ2) is 4.12. The first-order valence-corrected chi connectivity index (χ1v) is 4.54. The Bertz CT molecular complexity index is 484. The summed E-state index contributed by atoms with van der Waals surface area (Å²) in [6, 6.07) is 0. The van der Waals surface area contributed by atoms with Gasteiger partial charge in [-0.15, -0.1) is 0 Å². The molecule has 0 atom stereocenters. The third-order valence-electron chi connectivity index (χ3n) is 2.02. The van der Waals surface area contributed by atoms with Crippen LogP contribution >= 0.6 is 0 Å². The minimum Gasteiger partial charge on any atom is -0.368 e. The molecular formula is C9H13N3O3. The van der Waals surface area contributed by atoms with E-state index in [0.717, 1.165) is 4.57 Å². The lowest BCUT2D eigenvalue weighted by atomic mass is 10.1. The topological polar surface area (TPSA) is 97.9 Å². The van der Waals surface area contributed by atoms with Crippen LogP contribution < -0.4 is 17.0 Å². The molecule has 0 saturated heterocycles. The lowest BCUT2D eigenvalue weighted by molar-refractivity contribution is -0.118. The van der Waals surface area contributed by atoms with E-state index in [1.165, 1.54) is 6.20 Å². The molecular weight excluding hydrogens is 198 g/mol. The van der Waals surface area contributed by atoms with Crippen molar-refractivity contribution in [3.05, 3.63) is 32.6 Å². The van der Waals surface area contributed by atoms with Crippen LogP contribution in [0.25, 0.3) is 0 Å². The molecule has 15 heavy (non-hydrogen) atoms. The van der Waals surface area contributed by atoms with Crippen LogP contribution in [0.15, 0.2) is 15.8 Å². The highest BCUT2D eigenvalue weighted by molar-refractivity contribution is 5.73. The van der Waals surface area contributed by atoms with E-state index in [4.69, 9.17) is 5.73 Å². The quantitative estimate of drug-likeness (QED) is 0.681. The Kier molecular flexibility index (Phi) is 3.08. The molecule has 1 amide bonds. The van der Waals surface area contributed by atoms with E-state index in [1.54, 1.807) is 0 Å². The lowest BCUT2D eigenvalue weighted by Crippen LogP contribution is -2.40. The van der Waals surface area contributed by atoms with Gasteiger partial charge in [-0.25, -0.2) is 4.79 Å². The monoisotopic (exact) mass is 211 g/mol. The number of H-pyrrole nitrogens is 1. The number of carbonyl (C=O) groups is 1. The second-order valence-corrected chi connectivity index (χ2v) is 3.56. The molecule has 1 rings (SSSR count). The molecule has 0 aromatic carbocycles. The van der Waals surface area contributed by atoms with E-state index in [9.17, 15) is 14.4 Å². The minimum absolute atomic E-state index is 0.0199. The first kappa shape index (κ1) is 11.2. The van der Waals surface area contributed by atoms with Crippen molar-refractivity contribution in [1.82, 2.24) is 9.55 Å². The molecule has 1 aromatic rings. The van der Waals surface area contributed by atoms with Crippen molar-refractivity contribution >= 4 is 5.91 Å². The third kappa shape index (κ3) is 2.34. The summed E-state index contributed by atoms with van der Waals surface area (Å²) in [5, 5.41) is 0. The molecule has 82 valence electrons. The molecule has 0 fully saturated rings. The van der Waals surface area contributed by atoms with Crippen molar-refractivity contribution in [2.24, 2.45) is 5.73 Å². The average molecular weight is 211 g/mol. The van der Waals surface area contributed by atoms with Gasteiger partial charge in [0.05, 0.1) is 0 Å². The van der Waals surface area contributed by atoms with Crippen LogP contribution in [0.1, 0.15) is 25.3 Å². The van der Waals surface area contributed by atoms with Crippen LogP contribution in [0.3, 0.4) is 0 Å². The van der Waals surface area contributed by atoms with E-state index in [0.29, 0.717) is 5.56 Å². The average Bonchev–Trinajstić information content (AvgIpc) is 2.11. The summed E-state index contributed by atoms with van der Waals surface area (Å²) < 4.78 is 0.803. The second-order valence-electron chi connectivity index (χ2n) is 3.56. The summed E-state index contributed by atoms with van der Waals surface area (Å²) in [5.74, 6) is -0.739. The van der Waals surface area contributed by atoms with Crippen LogP contribution in [0.2, 0.25) is 0 Å². The minimum atomic E-state index is -0.719. The Morgan fingerprint density at radius 2 is 2.13 bits per heavy atom. The number of carbonyl (C=O) groups excluding carboxylic acids is 1. The highest BCUT2D eigenvalue weighted by Crippen LogP contribution is 2.05. The maximum absolute atomic E-state index is 11.7. The van der Waals surface area contributed by atoms with Crippen LogP contribution in [-0.4, -0.2) is 15.5 Å². The number of rotatable bonds is 3. The molecule has 1 aromatic heterocycles. The molecule has 0 unspecified atom stereocenters. The van der Waals surface area contributed by atoms with Gasteiger partial charge in [0.25, 0.3) is 5.56 Å². The van der Waals surface area contributed by atoms with Gasteiger partial charge in [-0.2, -0.15) is 0 Å². The molecule has 1 heterocycles. The molecule has 0 aliphatic carbocycles. The van der Waals surface area contributed by atoms with E-state index in [2.05, 4.69) is 4.98 Å². The number of nitrogens with two attached hydrogens (primary N) is 1. The van der Waals surface area contributed by atoms with Crippen molar-refractivity contribution in [3.8, 4) is 0 Å². The lowest BCUT2D eigenvalue weighted by Gasteiger charge is -2.07. The Hall–Kier alpha value is -1.85. The fraction of sp³-hybridized carbons (Fsp3) is 0.444. The van der Waals surface area contributed by atoms with Crippen molar-refractivity contribution < 1.29 is 4.79 Å². The highest BCUT2D eigenvalue weighted by Gasteiger charge is 2.11. The van der Waals surface area contributed by atoms with Gasteiger partial charge in [-0.1, -0.05) is 13.8 Å². The van der Waals surface area contributed by atoms with Gasteiger partial charge in [0.15, 0.2) is 0 Å². The Morgan fingerprint density at radius 1 is 1.53 bits per heavy atom. The zero-order valence-corrected chi connectivity index (χ0v) is 8.61. The van der Waals surface area contributed by atoms with Gasteiger partial charge in [0.2, 0.25) is 5.91 Å². The summed E-state index contributed by atoms with van der Waals surface area (Å²) in [7, 11) is 0. The predicted octanol–water partition coefficient (Wildman–Crippen LogP) is -0.855. The van der Waals surface area contributed by atoms with Gasteiger partial charge < -0.3 is 10.7 Å². The number of hydrogen-bond donors (Lipinski definition) is 2. The van der Waals surface area contributed by atoms with Crippen molar-refractivity contribution in [3.63, 3.8) is 0 Å². The van der Waals surface area contributed by atoms with Gasteiger partial charge in [0.1, 0.15) is 6.54 Å². The summed E-state index contributed by atoms with van der Waals surface area (Å²) in [5.41, 5.74) is 4.30. The summed E-state index contributed by atoms with van der Waals surface area (Å²) in [6.45, 7) is 3.25. The molecule has 0 spiro atoms. The molecule has 3 N–H and O–H groups in total. The van der Waals surface area contributed by atoms with Crippen LogP contribution in [-0.2, 0) is 11.3 Å². The zero-order valence-electron chi connectivity index (χ0n) is 8.61. The van der Waals surface area contributed by atoms with Gasteiger partial charge in [-0.3, -0.25) is 14.2 Å². The summed E-state index contributed by atoms with van der Waals surface area (Å²) in [4.78, 5) is 36.0. The fourth-order valence-corrected chi connectivity index (χ4v) is 1.24. The number of aromatic nitrogens is 2. The Labute approximate surface area is 85.7 Å². The molecule has 0 aliphatic rings. The van der Waals surface area contributed by atoms with Crippen LogP contribution in [0.4, 0.5) is 0 Å². The van der Waals surface area contributed by atoms with Crippen molar-refractivity contribution in [2.75, 3.05) is 0 Å². The SMILES string of the molecule is CC(C)c1c[nH]c(=O)n(CC(N)=O)c1=O. The fourth-order valence-electron chi connectivity index (χ4n) is 1.24. The highest BCUT2D eigenvalue weighted by atomic mass is 16.2. The molecule has 0 aliphatic heterocycles. The van der Waals surface area contributed by atoms with Crippen molar-refractivity contribution in [1.29, 1.82) is 0 Å². The van der Waals surface area contributed by atoms with Crippen LogP contribution in [0, 0.1) is 0 Å². The summed E-state index contributed by atoms with van der Waals surface area (Å²) in [6.07, 6.45) is 1.37. The maximum atomic E-state index is 11.7. The Morgan fingerprint density at radius 3 is 2.60 bits per heavy atom. The van der Waals surface area contributed by atoms with E-state index in [-0.39, 0.29) is 5.92 Å². The number of aromatic amines is 1. The smallest absolute Gasteiger partial charge is 0.328 e. The van der Waals surface area contributed by atoms with Gasteiger partial charge >= 0.3 is 5.69 Å². The standard InChI is InChI=1S/C9H13N3O3/c1-5(2)6-3-11-9(15)12(8(6)14)4-7(10)13/h3,5H,4H2,1-2H3,(H2,10,13)(H,11,15). The van der Waals surface area contributed by atoms with Crippen LogP contribution in [0.5, 0.6) is 0 Å². The number of nitrogens with one attached hydrogen (secondary N) is 1. The molecule has 6 heteroatoms. The normalized spacial score (nSPS) is 10.6. The maximum Gasteiger partial charge on any atom is 0.328 e. The summed E-state index contributed by atoms with van der Waals surface area (Å²) >= 11 is 0. The van der Waals surface area contributed by atoms with Crippen molar-refractivity contribution in [2.45, 2.75) is 26.3 Å². The number of amides is 1. The molecule has 0 radical (unpaired) electrons. The number of hydrogen-bond acceptors (Lipinski definition) is 3. The number of nitrogens with zero attached hydrogens (tertiary/aromatic N) is 1. The number of primary amides is 1. The Balaban J connectivity index is 3.37. The van der Waals surface area contributed by atoms with Gasteiger partial charge in [-0.05, 0) is 5.92 Å².